The number of anilines is 1. The van der Waals surface area contributed by atoms with Gasteiger partial charge in [-0.05, 0) is 25.6 Å². The van der Waals surface area contributed by atoms with Crippen molar-refractivity contribution in [3.8, 4) is 0 Å². The van der Waals surface area contributed by atoms with Crippen LogP contribution >= 0.6 is 0 Å². The normalized spacial score (nSPS) is 24.4. The highest BCUT2D eigenvalue weighted by atomic mass is 16.6. The second-order valence-electron chi connectivity index (χ2n) is 5.59. The standard InChI is InChI=1S/C14H17N3O4/c1-15-7-11-5-10(15)8-16(11)9-3-4-13(17(19)20)12(6-9)14(18)21-2/h3-4,6,10-11H,5,7-8H2,1-2H3/t10-,11-/m0/s1. The van der Waals surface area contributed by atoms with Crippen molar-refractivity contribution in [1.82, 2.24) is 4.90 Å². The van der Waals surface area contributed by atoms with Crippen LogP contribution in [0.15, 0.2) is 18.2 Å². The molecule has 0 aliphatic carbocycles. The average Bonchev–Trinajstić information content (AvgIpc) is 3.04. The molecule has 1 aromatic carbocycles. The van der Waals surface area contributed by atoms with Gasteiger partial charge in [-0.15, -0.1) is 0 Å². The lowest BCUT2D eigenvalue weighted by Gasteiger charge is -2.33. The zero-order valence-electron chi connectivity index (χ0n) is 12.0. The Labute approximate surface area is 122 Å². The van der Waals surface area contributed by atoms with Gasteiger partial charge in [-0.2, -0.15) is 0 Å². The second kappa shape index (κ2) is 5.00. The number of ether oxygens (including phenoxy) is 1. The lowest BCUT2D eigenvalue weighted by atomic mass is 10.1. The Balaban J connectivity index is 1.94. The molecule has 7 nitrogen and oxygen atoms in total. The maximum absolute atomic E-state index is 11.8. The molecule has 3 rings (SSSR count). The van der Waals surface area contributed by atoms with Gasteiger partial charge in [0, 0.05) is 36.9 Å². The van der Waals surface area contributed by atoms with Gasteiger partial charge in [0.15, 0.2) is 0 Å². The number of benzene rings is 1. The van der Waals surface area contributed by atoms with E-state index in [4.69, 9.17) is 0 Å². The summed E-state index contributed by atoms with van der Waals surface area (Å²) in [4.78, 5) is 26.8. The van der Waals surface area contributed by atoms with E-state index in [9.17, 15) is 14.9 Å². The molecule has 0 radical (unpaired) electrons. The van der Waals surface area contributed by atoms with E-state index in [-0.39, 0.29) is 11.3 Å². The average molecular weight is 291 g/mol. The fourth-order valence-corrected chi connectivity index (χ4v) is 3.32. The number of fused-ring (bicyclic) bond motifs is 2. The van der Waals surface area contributed by atoms with Crippen LogP contribution in [0.4, 0.5) is 11.4 Å². The third-order valence-corrected chi connectivity index (χ3v) is 4.43. The van der Waals surface area contributed by atoms with Crippen LogP contribution in [0.1, 0.15) is 16.8 Å². The first kappa shape index (κ1) is 13.8. The number of nitro groups is 1. The summed E-state index contributed by atoms with van der Waals surface area (Å²) in [5.41, 5.74) is 0.643. The van der Waals surface area contributed by atoms with Crippen LogP contribution in [-0.2, 0) is 4.74 Å². The summed E-state index contributed by atoms with van der Waals surface area (Å²) in [5, 5.41) is 11.0. The first-order valence-corrected chi connectivity index (χ1v) is 6.85. The van der Waals surface area contributed by atoms with E-state index in [1.807, 2.05) is 0 Å². The van der Waals surface area contributed by atoms with Gasteiger partial charge in [-0.1, -0.05) is 0 Å². The quantitative estimate of drug-likeness (QED) is 0.474. The molecule has 2 saturated heterocycles. The molecular weight excluding hydrogens is 274 g/mol. The zero-order valence-corrected chi connectivity index (χ0v) is 12.0. The number of likely N-dealkylation sites (N-methyl/N-ethyl adjacent to an activating group) is 1. The number of piperazine rings is 1. The number of methoxy groups -OCH3 is 1. The molecule has 1 aromatic rings. The largest absolute Gasteiger partial charge is 0.465 e. The molecule has 2 atom stereocenters. The summed E-state index contributed by atoms with van der Waals surface area (Å²) in [6.07, 6.45) is 1.10. The van der Waals surface area contributed by atoms with Crippen molar-refractivity contribution in [2.45, 2.75) is 18.5 Å². The maximum Gasteiger partial charge on any atom is 0.344 e. The van der Waals surface area contributed by atoms with E-state index < -0.39 is 10.9 Å². The first-order valence-electron chi connectivity index (χ1n) is 6.85. The summed E-state index contributed by atoms with van der Waals surface area (Å²) in [7, 11) is 3.34. The smallest absolute Gasteiger partial charge is 0.344 e. The lowest BCUT2D eigenvalue weighted by molar-refractivity contribution is -0.385. The lowest BCUT2D eigenvalue weighted by Crippen LogP contribution is -2.44. The minimum Gasteiger partial charge on any atom is -0.465 e. The fourth-order valence-electron chi connectivity index (χ4n) is 3.32. The summed E-state index contributed by atoms with van der Waals surface area (Å²) in [6.45, 7) is 1.87. The Bertz CT molecular complexity index is 602. The highest BCUT2D eigenvalue weighted by Crippen LogP contribution is 2.35. The topological polar surface area (TPSA) is 75.9 Å². The van der Waals surface area contributed by atoms with Crippen LogP contribution in [-0.4, -0.2) is 55.1 Å². The molecule has 2 fully saturated rings. The number of carbonyl (C=O) groups is 1. The van der Waals surface area contributed by atoms with E-state index >= 15 is 0 Å². The summed E-state index contributed by atoms with van der Waals surface area (Å²) < 4.78 is 4.65. The van der Waals surface area contributed by atoms with Gasteiger partial charge in [-0.25, -0.2) is 4.79 Å². The predicted octanol–water partition coefficient (Wildman–Crippen LogP) is 1.27. The SMILES string of the molecule is COC(=O)c1cc(N2C[C@@H]3C[C@H]2CN3C)ccc1[N+](=O)[O-]. The van der Waals surface area contributed by atoms with Gasteiger partial charge >= 0.3 is 5.97 Å². The number of nitro benzene ring substituents is 1. The molecule has 0 spiro atoms. The Hall–Kier alpha value is -2.15. The molecular formula is C14H17N3O4. The number of nitrogens with zero attached hydrogens (tertiary/aromatic N) is 3. The molecule has 0 amide bonds. The molecule has 0 unspecified atom stereocenters. The van der Waals surface area contributed by atoms with Crippen LogP contribution in [0, 0.1) is 10.1 Å². The van der Waals surface area contributed by atoms with Crippen molar-refractivity contribution in [2.24, 2.45) is 0 Å². The zero-order chi connectivity index (χ0) is 15.1. The third-order valence-electron chi connectivity index (χ3n) is 4.43. The van der Waals surface area contributed by atoms with E-state index in [1.165, 1.54) is 13.2 Å². The molecule has 0 saturated carbocycles. The van der Waals surface area contributed by atoms with Crippen LogP contribution in [0.3, 0.4) is 0 Å². The molecule has 0 aromatic heterocycles. The minimum atomic E-state index is -0.676. The van der Waals surface area contributed by atoms with E-state index in [0.29, 0.717) is 12.1 Å². The summed E-state index contributed by atoms with van der Waals surface area (Å²) in [5.74, 6) is -0.676. The van der Waals surface area contributed by atoms with Gasteiger partial charge in [0.1, 0.15) is 5.56 Å². The molecule has 2 heterocycles. The van der Waals surface area contributed by atoms with Crippen molar-refractivity contribution < 1.29 is 14.5 Å². The Morgan fingerprint density at radius 1 is 1.38 bits per heavy atom. The minimum absolute atomic E-state index is 0.0103. The number of hydrogen-bond acceptors (Lipinski definition) is 6. The van der Waals surface area contributed by atoms with Gasteiger partial charge < -0.3 is 9.64 Å². The van der Waals surface area contributed by atoms with Gasteiger partial charge in [0.25, 0.3) is 5.69 Å². The molecule has 21 heavy (non-hydrogen) atoms. The van der Waals surface area contributed by atoms with Crippen LogP contribution in [0.25, 0.3) is 0 Å². The Kier molecular flexibility index (Phi) is 3.29. The number of rotatable bonds is 3. The van der Waals surface area contributed by atoms with Crippen molar-refractivity contribution >= 4 is 17.3 Å². The maximum atomic E-state index is 11.8. The summed E-state index contributed by atoms with van der Waals surface area (Å²) in [6, 6.07) is 5.60. The predicted molar refractivity (Wildman–Crippen MR) is 76.6 cm³/mol. The number of carbonyl (C=O) groups excluding carboxylic acids is 1. The molecule has 112 valence electrons. The molecule has 2 aliphatic heterocycles. The molecule has 2 aliphatic rings. The summed E-state index contributed by atoms with van der Waals surface area (Å²) >= 11 is 0. The van der Waals surface area contributed by atoms with Gasteiger partial charge in [-0.3, -0.25) is 15.0 Å². The van der Waals surface area contributed by atoms with Crippen molar-refractivity contribution in [3.05, 3.63) is 33.9 Å². The highest BCUT2D eigenvalue weighted by molar-refractivity contribution is 5.95. The van der Waals surface area contributed by atoms with E-state index in [1.54, 1.807) is 12.1 Å². The van der Waals surface area contributed by atoms with Crippen LogP contribution in [0.5, 0.6) is 0 Å². The first-order chi connectivity index (χ1) is 10.0. The number of hydrogen-bond donors (Lipinski definition) is 0. The third kappa shape index (κ3) is 2.23. The van der Waals surface area contributed by atoms with Crippen molar-refractivity contribution in [3.63, 3.8) is 0 Å². The van der Waals surface area contributed by atoms with Gasteiger partial charge in [0.05, 0.1) is 12.0 Å². The van der Waals surface area contributed by atoms with Gasteiger partial charge in [0.2, 0.25) is 0 Å². The number of likely N-dealkylation sites (tertiary alicyclic amines) is 1. The Morgan fingerprint density at radius 3 is 2.67 bits per heavy atom. The number of esters is 1. The van der Waals surface area contributed by atoms with E-state index in [0.717, 1.165) is 25.2 Å². The monoisotopic (exact) mass is 291 g/mol. The highest BCUT2D eigenvalue weighted by Gasteiger charge is 2.41. The van der Waals surface area contributed by atoms with Crippen molar-refractivity contribution in [2.75, 3.05) is 32.1 Å². The fraction of sp³-hybridized carbons (Fsp3) is 0.500. The second-order valence-corrected chi connectivity index (χ2v) is 5.59. The van der Waals surface area contributed by atoms with Crippen LogP contribution < -0.4 is 4.90 Å². The van der Waals surface area contributed by atoms with Crippen molar-refractivity contribution in [1.29, 1.82) is 0 Å². The molecule has 2 bridgehead atoms. The van der Waals surface area contributed by atoms with Crippen LogP contribution in [0.2, 0.25) is 0 Å². The molecule has 0 N–H and O–H groups in total. The molecule has 7 heteroatoms. The van der Waals surface area contributed by atoms with E-state index in [2.05, 4.69) is 21.6 Å². The Morgan fingerprint density at radius 2 is 2.14 bits per heavy atom.